The van der Waals surface area contributed by atoms with Gasteiger partial charge in [-0.3, -0.25) is 4.79 Å². The van der Waals surface area contributed by atoms with E-state index in [0.717, 1.165) is 12.3 Å². The van der Waals surface area contributed by atoms with Crippen LogP contribution >= 0.6 is 23.2 Å². The summed E-state index contributed by atoms with van der Waals surface area (Å²) in [7, 11) is -4.05. The lowest BCUT2D eigenvalue weighted by molar-refractivity contribution is -0.135. The van der Waals surface area contributed by atoms with Crippen LogP contribution in [0, 0.1) is 5.82 Å². The minimum atomic E-state index is -4.05. The van der Waals surface area contributed by atoms with Gasteiger partial charge in [-0.25, -0.2) is 22.8 Å². The molecule has 0 saturated heterocycles. The number of nitrogens with zero attached hydrogens (tertiary/aromatic N) is 2. The van der Waals surface area contributed by atoms with Crippen molar-refractivity contribution in [2.45, 2.75) is 4.90 Å². The van der Waals surface area contributed by atoms with Gasteiger partial charge in [-0.2, -0.15) is 4.72 Å². The fraction of sp³-hybridized carbons (Fsp3) is 0.0625. The molecular weight excluding hydrogens is 434 g/mol. The fourth-order valence-corrected chi connectivity index (χ4v) is 3.85. The summed E-state index contributed by atoms with van der Waals surface area (Å²) >= 11 is 12.3. The first kappa shape index (κ1) is 20.2. The van der Waals surface area contributed by atoms with Crippen LogP contribution in [-0.4, -0.2) is 41.0 Å². The van der Waals surface area contributed by atoms with Crippen molar-refractivity contribution in [3.8, 4) is 22.8 Å². The molecule has 12 heteroatoms. The van der Waals surface area contributed by atoms with E-state index in [1.54, 1.807) is 0 Å². The topological polar surface area (TPSA) is 125 Å². The van der Waals surface area contributed by atoms with Gasteiger partial charge in [0.05, 0.1) is 21.8 Å². The first-order valence-electron chi connectivity index (χ1n) is 7.56. The van der Waals surface area contributed by atoms with Crippen LogP contribution in [0.15, 0.2) is 41.4 Å². The highest BCUT2D eigenvalue weighted by Gasteiger charge is 2.20. The fourth-order valence-electron chi connectivity index (χ4n) is 2.27. The monoisotopic (exact) mass is 444 g/mol. The first-order valence-corrected chi connectivity index (χ1v) is 9.80. The zero-order valence-corrected chi connectivity index (χ0v) is 16.1. The number of nitrogens with one attached hydrogen (secondary N) is 2. The van der Waals surface area contributed by atoms with Crippen LogP contribution < -0.4 is 4.72 Å². The Morgan fingerprint density at radius 2 is 2.00 bits per heavy atom. The summed E-state index contributed by atoms with van der Waals surface area (Å²) in [6, 6.07) is 6.44. The molecule has 146 valence electrons. The lowest BCUT2D eigenvalue weighted by Crippen LogP contribution is -2.29. The first-order chi connectivity index (χ1) is 13.2. The molecule has 3 N–H and O–H groups in total. The summed E-state index contributed by atoms with van der Waals surface area (Å²) in [5.74, 6) is -1.55. The number of aromatic amines is 1. The number of aromatic nitrogens is 3. The number of hydrogen-bond acceptors (Lipinski definition) is 5. The molecule has 2 aromatic heterocycles. The number of benzene rings is 1. The smallest absolute Gasteiger partial charge is 0.318 e. The Morgan fingerprint density at radius 1 is 1.25 bits per heavy atom. The van der Waals surface area contributed by atoms with E-state index in [1.165, 1.54) is 24.3 Å². The molecule has 0 amide bonds. The van der Waals surface area contributed by atoms with Crippen LogP contribution in [0.5, 0.6) is 0 Å². The molecule has 0 aliphatic rings. The van der Waals surface area contributed by atoms with Gasteiger partial charge < -0.3 is 10.1 Å². The second kappa shape index (κ2) is 7.84. The van der Waals surface area contributed by atoms with E-state index in [0.29, 0.717) is 17.0 Å². The molecule has 0 fully saturated rings. The predicted octanol–water partition coefficient (Wildman–Crippen LogP) is 2.95. The number of H-pyrrole nitrogens is 1. The van der Waals surface area contributed by atoms with Crippen LogP contribution in [0.4, 0.5) is 4.39 Å². The van der Waals surface area contributed by atoms with Gasteiger partial charge in [-0.1, -0.05) is 23.2 Å². The Bertz CT molecular complexity index is 1150. The van der Waals surface area contributed by atoms with Crippen LogP contribution in [0.25, 0.3) is 22.8 Å². The number of imidazole rings is 1. The van der Waals surface area contributed by atoms with Crippen molar-refractivity contribution in [1.29, 1.82) is 0 Å². The number of carboxylic acids is 1. The van der Waals surface area contributed by atoms with Crippen LogP contribution in [0.3, 0.4) is 0 Å². The molecule has 1 aromatic carbocycles. The molecule has 0 saturated carbocycles. The Morgan fingerprint density at radius 3 is 2.61 bits per heavy atom. The standard InChI is InChI=1S/C16H11Cl2FN4O4S/c17-11-5-9(28(26,27)21-7-13(24)25)2-3-10(11)14-15(18)23-16(22-14)12-4-1-8(19)6-20-12/h1-6,21H,7H2,(H,22,23)(H,24,25). The van der Waals surface area contributed by atoms with Crippen molar-refractivity contribution in [1.82, 2.24) is 19.7 Å². The number of aliphatic carboxylic acids is 1. The molecule has 2 heterocycles. The van der Waals surface area contributed by atoms with Gasteiger partial charge in [-0.15, -0.1) is 0 Å². The Kier molecular flexibility index (Phi) is 5.66. The predicted molar refractivity (Wildman–Crippen MR) is 100 cm³/mol. The van der Waals surface area contributed by atoms with Gasteiger partial charge in [-0.05, 0) is 30.3 Å². The zero-order chi connectivity index (χ0) is 20.5. The number of carboxylic acid groups (broad SMARTS) is 1. The largest absolute Gasteiger partial charge is 0.480 e. The van der Waals surface area contributed by atoms with Gasteiger partial charge >= 0.3 is 5.97 Å². The maximum atomic E-state index is 13.0. The van der Waals surface area contributed by atoms with E-state index in [9.17, 15) is 17.6 Å². The quantitative estimate of drug-likeness (QED) is 0.536. The minimum Gasteiger partial charge on any atom is -0.480 e. The average molecular weight is 445 g/mol. The van der Waals surface area contributed by atoms with Crippen molar-refractivity contribution in [2.75, 3.05) is 6.54 Å². The van der Waals surface area contributed by atoms with E-state index in [4.69, 9.17) is 28.3 Å². The van der Waals surface area contributed by atoms with Gasteiger partial charge in [0.15, 0.2) is 11.0 Å². The molecule has 0 aliphatic carbocycles. The van der Waals surface area contributed by atoms with Crippen molar-refractivity contribution in [2.24, 2.45) is 0 Å². The third-order valence-electron chi connectivity index (χ3n) is 3.56. The van der Waals surface area contributed by atoms with Crippen molar-refractivity contribution >= 4 is 39.2 Å². The molecule has 3 rings (SSSR count). The second-order valence-corrected chi connectivity index (χ2v) is 8.00. The van der Waals surface area contributed by atoms with Crippen molar-refractivity contribution < 1.29 is 22.7 Å². The highest BCUT2D eigenvalue weighted by Crippen LogP contribution is 2.34. The number of rotatable bonds is 6. The van der Waals surface area contributed by atoms with Crippen molar-refractivity contribution in [3.05, 3.63) is 52.5 Å². The highest BCUT2D eigenvalue weighted by atomic mass is 35.5. The van der Waals surface area contributed by atoms with Crippen molar-refractivity contribution in [3.63, 3.8) is 0 Å². The van der Waals surface area contributed by atoms with Gasteiger partial charge in [0.1, 0.15) is 18.1 Å². The molecular formula is C16H11Cl2FN4O4S. The van der Waals surface area contributed by atoms with Gasteiger partial charge in [0.2, 0.25) is 10.0 Å². The van der Waals surface area contributed by atoms with Crippen LogP contribution in [0.2, 0.25) is 10.2 Å². The number of pyridine rings is 1. The normalized spacial score (nSPS) is 11.5. The van der Waals surface area contributed by atoms with E-state index >= 15 is 0 Å². The van der Waals surface area contributed by atoms with E-state index < -0.39 is 28.4 Å². The van der Waals surface area contributed by atoms with E-state index in [2.05, 4.69) is 15.0 Å². The summed E-state index contributed by atoms with van der Waals surface area (Å²) in [6.45, 7) is -0.762. The molecule has 0 radical (unpaired) electrons. The van der Waals surface area contributed by atoms with Crippen LogP contribution in [0.1, 0.15) is 0 Å². The van der Waals surface area contributed by atoms with E-state index in [-0.39, 0.29) is 20.9 Å². The SMILES string of the molecule is O=C(O)CNS(=O)(=O)c1ccc(-c2[nH]c(-c3ccc(F)cn3)nc2Cl)c(Cl)c1. The molecule has 0 spiro atoms. The molecule has 0 atom stereocenters. The average Bonchev–Trinajstić information content (AvgIpc) is 3.02. The summed E-state index contributed by atoms with van der Waals surface area (Å²) in [4.78, 5) is 21.3. The molecule has 28 heavy (non-hydrogen) atoms. The third-order valence-corrected chi connectivity index (χ3v) is 5.55. The Balaban J connectivity index is 1.95. The van der Waals surface area contributed by atoms with E-state index in [1.807, 2.05) is 4.72 Å². The van der Waals surface area contributed by atoms with Gasteiger partial charge in [0.25, 0.3) is 0 Å². The maximum Gasteiger partial charge on any atom is 0.318 e. The third kappa shape index (κ3) is 4.30. The second-order valence-electron chi connectivity index (χ2n) is 5.47. The summed E-state index contributed by atoms with van der Waals surface area (Å²) in [5.41, 5.74) is 1.03. The number of halogens is 3. The molecule has 0 unspecified atom stereocenters. The Hall–Kier alpha value is -2.53. The molecule has 3 aromatic rings. The summed E-state index contributed by atoms with van der Waals surface area (Å²) in [5, 5.41) is 8.71. The lowest BCUT2D eigenvalue weighted by Gasteiger charge is -2.08. The Labute approximate surface area is 168 Å². The molecule has 0 bridgehead atoms. The summed E-state index contributed by atoms with van der Waals surface area (Å²) < 4.78 is 39.2. The number of hydrogen-bond donors (Lipinski definition) is 3. The lowest BCUT2D eigenvalue weighted by atomic mass is 10.2. The molecule has 0 aliphatic heterocycles. The van der Waals surface area contributed by atoms with Crippen LogP contribution in [-0.2, 0) is 14.8 Å². The molecule has 8 nitrogen and oxygen atoms in total. The maximum absolute atomic E-state index is 13.0. The zero-order valence-electron chi connectivity index (χ0n) is 13.8. The number of carbonyl (C=O) groups is 1. The number of sulfonamides is 1. The van der Waals surface area contributed by atoms with Gasteiger partial charge in [0, 0.05) is 5.56 Å². The minimum absolute atomic E-state index is 0.0439. The highest BCUT2D eigenvalue weighted by molar-refractivity contribution is 7.89. The summed E-state index contributed by atoms with van der Waals surface area (Å²) in [6.07, 6.45) is 1.03.